The molecule has 0 saturated carbocycles. The molecule has 0 bridgehead atoms. The van der Waals surface area contributed by atoms with E-state index in [0.717, 1.165) is 11.3 Å². The number of benzene rings is 1. The van der Waals surface area contributed by atoms with Crippen LogP contribution in [0.5, 0.6) is 0 Å². The summed E-state index contributed by atoms with van der Waals surface area (Å²) in [5.74, 6) is 0. The van der Waals surface area contributed by atoms with E-state index in [4.69, 9.17) is 12.2 Å². The molecule has 0 heterocycles. The van der Waals surface area contributed by atoms with Gasteiger partial charge in [0.05, 0.1) is 0 Å². The summed E-state index contributed by atoms with van der Waals surface area (Å²) in [4.78, 5) is 0.977. The van der Waals surface area contributed by atoms with E-state index in [1.165, 1.54) is 16.7 Å². The first-order valence-electron chi connectivity index (χ1n) is 4.25. The van der Waals surface area contributed by atoms with Crippen LogP contribution in [-0.2, 0) is 6.42 Å². The lowest BCUT2D eigenvalue weighted by molar-refractivity contribution is 1.11. The van der Waals surface area contributed by atoms with Crippen molar-refractivity contribution in [2.24, 2.45) is 0 Å². The van der Waals surface area contributed by atoms with E-state index >= 15 is 0 Å². The summed E-state index contributed by atoms with van der Waals surface area (Å²) in [7, 11) is 0. The van der Waals surface area contributed by atoms with Crippen molar-refractivity contribution in [1.29, 1.82) is 0 Å². The van der Waals surface area contributed by atoms with E-state index in [1.807, 2.05) is 6.92 Å². The smallest absolute Gasteiger partial charge is 0.0193 e. The van der Waals surface area contributed by atoms with E-state index in [9.17, 15) is 0 Å². The molecule has 0 radical (unpaired) electrons. The van der Waals surface area contributed by atoms with Crippen LogP contribution in [0.3, 0.4) is 0 Å². The second-order valence-corrected chi connectivity index (χ2v) is 3.66. The third-order valence-corrected chi connectivity index (χ3v) is 2.37. The highest BCUT2D eigenvalue weighted by Gasteiger charge is 1.99. The Morgan fingerprint density at radius 3 is 2.58 bits per heavy atom. The minimum absolute atomic E-state index is 0.977. The van der Waals surface area contributed by atoms with Crippen molar-refractivity contribution in [1.82, 2.24) is 0 Å². The molecule has 0 saturated heterocycles. The van der Waals surface area contributed by atoms with Gasteiger partial charge in [0, 0.05) is 4.86 Å². The minimum Gasteiger partial charge on any atom is -0.0846 e. The zero-order valence-corrected chi connectivity index (χ0v) is 8.66. The molecule has 0 fully saturated rings. The zero-order valence-electron chi connectivity index (χ0n) is 7.85. The van der Waals surface area contributed by atoms with Crippen molar-refractivity contribution < 1.29 is 0 Å². The lowest BCUT2D eigenvalue weighted by Crippen LogP contribution is -1.94. The average Bonchev–Trinajstić information content (AvgIpc) is 2.05. The highest BCUT2D eigenvalue weighted by atomic mass is 32.1. The molecule has 12 heavy (non-hydrogen) atoms. The maximum Gasteiger partial charge on any atom is 0.0193 e. The number of hydrogen-bond acceptors (Lipinski definition) is 1. The Kier molecular flexibility index (Phi) is 2.99. The third kappa shape index (κ3) is 1.92. The molecule has 1 heteroatoms. The summed E-state index contributed by atoms with van der Waals surface area (Å²) in [5, 5.41) is 0. The lowest BCUT2D eigenvalue weighted by Gasteiger charge is -2.05. The largest absolute Gasteiger partial charge is 0.0846 e. The highest BCUT2D eigenvalue weighted by molar-refractivity contribution is 7.80. The van der Waals surface area contributed by atoms with Crippen LogP contribution in [0.4, 0.5) is 0 Å². The van der Waals surface area contributed by atoms with Gasteiger partial charge in [-0.05, 0) is 37.0 Å². The molecule has 0 N–H and O–H groups in total. The molecule has 0 unspecified atom stereocenters. The molecule has 0 amide bonds. The lowest BCUT2D eigenvalue weighted by atomic mass is 10.0. The first kappa shape index (κ1) is 9.40. The van der Waals surface area contributed by atoms with Gasteiger partial charge in [-0.25, -0.2) is 0 Å². The van der Waals surface area contributed by atoms with Gasteiger partial charge in [-0.15, -0.1) is 0 Å². The average molecular weight is 178 g/mol. The molecule has 1 aromatic rings. The van der Waals surface area contributed by atoms with E-state index in [0.29, 0.717) is 0 Å². The maximum atomic E-state index is 5.11. The van der Waals surface area contributed by atoms with Gasteiger partial charge >= 0.3 is 0 Å². The van der Waals surface area contributed by atoms with E-state index in [-0.39, 0.29) is 0 Å². The van der Waals surface area contributed by atoms with Crippen molar-refractivity contribution in [3.63, 3.8) is 0 Å². The van der Waals surface area contributed by atoms with Gasteiger partial charge in [-0.2, -0.15) is 0 Å². The molecular formula is C11H14S. The Balaban J connectivity index is 3.13. The molecule has 1 aromatic carbocycles. The van der Waals surface area contributed by atoms with Gasteiger partial charge in [0.2, 0.25) is 0 Å². The molecule has 0 atom stereocenters. The van der Waals surface area contributed by atoms with Crippen molar-refractivity contribution in [2.75, 3.05) is 0 Å². The Morgan fingerprint density at radius 1 is 1.42 bits per heavy atom. The summed E-state index contributed by atoms with van der Waals surface area (Å²) in [5.41, 5.74) is 3.95. The fourth-order valence-electron chi connectivity index (χ4n) is 1.27. The summed E-state index contributed by atoms with van der Waals surface area (Å²) < 4.78 is 0. The third-order valence-electron chi connectivity index (χ3n) is 2.14. The first-order valence-corrected chi connectivity index (χ1v) is 4.66. The summed E-state index contributed by atoms with van der Waals surface area (Å²) in [6.07, 6.45) is 1.09. The molecule has 0 aliphatic rings. The number of thiocarbonyl (C=S) groups is 1. The first-order chi connectivity index (χ1) is 5.65. The van der Waals surface area contributed by atoms with Crippen LogP contribution in [0, 0.1) is 6.92 Å². The zero-order chi connectivity index (χ0) is 9.14. The van der Waals surface area contributed by atoms with Gasteiger partial charge in [0.1, 0.15) is 0 Å². The van der Waals surface area contributed by atoms with Crippen molar-refractivity contribution in [3.8, 4) is 0 Å². The van der Waals surface area contributed by atoms with E-state index in [2.05, 4.69) is 32.0 Å². The quantitative estimate of drug-likeness (QED) is 0.494. The van der Waals surface area contributed by atoms with Crippen LogP contribution in [0.2, 0.25) is 0 Å². The van der Waals surface area contributed by atoms with Crippen molar-refractivity contribution >= 4 is 17.1 Å². The Labute approximate surface area is 79.6 Å². The number of rotatable bonds is 2. The minimum atomic E-state index is 0.977. The van der Waals surface area contributed by atoms with E-state index < -0.39 is 0 Å². The topological polar surface area (TPSA) is 0 Å². The van der Waals surface area contributed by atoms with Crippen LogP contribution >= 0.6 is 12.2 Å². The standard InChI is InChI=1S/C11H14S/c1-4-10-7-11(9(3)12)6-5-8(10)2/h5-7H,4H2,1-3H3. The van der Waals surface area contributed by atoms with Gasteiger partial charge in [-0.1, -0.05) is 37.3 Å². The van der Waals surface area contributed by atoms with Crippen molar-refractivity contribution in [3.05, 3.63) is 34.9 Å². The second kappa shape index (κ2) is 3.81. The molecule has 0 nitrogen and oxygen atoms in total. The Morgan fingerprint density at radius 2 is 2.08 bits per heavy atom. The fraction of sp³-hybridized carbons (Fsp3) is 0.364. The molecule has 0 spiro atoms. The molecule has 1 rings (SSSR count). The van der Waals surface area contributed by atoms with Gasteiger partial charge < -0.3 is 0 Å². The summed E-state index contributed by atoms with van der Waals surface area (Å²) in [6.45, 7) is 6.28. The van der Waals surface area contributed by atoms with Gasteiger partial charge in [0.15, 0.2) is 0 Å². The normalized spacial score (nSPS) is 9.92. The highest BCUT2D eigenvalue weighted by Crippen LogP contribution is 2.12. The molecule has 0 aliphatic heterocycles. The molecule has 0 aliphatic carbocycles. The van der Waals surface area contributed by atoms with Crippen LogP contribution in [0.1, 0.15) is 30.5 Å². The maximum absolute atomic E-state index is 5.11. The molecule has 0 aromatic heterocycles. The van der Waals surface area contributed by atoms with Crippen LogP contribution < -0.4 is 0 Å². The van der Waals surface area contributed by atoms with Gasteiger partial charge in [-0.3, -0.25) is 0 Å². The molecule has 64 valence electrons. The number of hydrogen-bond donors (Lipinski definition) is 0. The Hall–Kier alpha value is -0.690. The summed E-state index contributed by atoms with van der Waals surface area (Å²) >= 11 is 5.11. The predicted molar refractivity (Wildman–Crippen MR) is 57.9 cm³/mol. The second-order valence-electron chi connectivity index (χ2n) is 3.05. The van der Waals surface area contributed by atoms with E-state index in [1.54, 1.807) is 0 Å². The predicted octanol–water partition coefficient (Wildman–Crippen LogP) is 3.30. The Bertz CT molecular complexity index is 300. The van der Waals surface area contributed by atoms with Crippen molar-refractivity contribution in [2.45, 2.75) is 27.2 Å². The van der Waals surface area contributed by atoms with Gasteiger partial charge in [0.25, 0.3) is 0 Å². The molecular weight excluding hydrogens is 164 g/mol. The SMILES string of the molecule is CCc1cc(C(C)=S)ccc1C. The summed E-state index contributed by atoms with van der Waals surface area (Å²) in [6, 6.07) is 6.43. The number of aryl methyl sites for hydroxylation is 2. The van der Waals surface area contributed by atoms with Crippen LogP contribution in [0.25, 0.3) is 0 Å². The van der Waals surface area contributed by atoms with Crippen LogP contribution in [0.15, 0.2) is 18.2 Å². The fourth-order valence-corrected chi connectivity index (χ4v) is 1.40. The monoisotopic (exact) mass is 178 g/mol. The van der Waals surface area contributed by atoms with Crippen LogP contribution in [-0.4, -0.2) is 4.86 Å².